The molecule has 182 valence electrons. The maximum absolute atomic E-state index is 13.2. The summed E-state index contributed by atoms with van der Waals surface area (Å²) in [6, 6.07) is 18.2. The zero-order valence-corrected chi connectivity index (χ0v) is 20.8. The number of halogens is 1. The van der Waals surface area contributed by atoms with Crippen LogP contribution < -0.4 is 21.0 Å². The van der Waals surface area contributed by atoms with Crippen LogP contribution in [0.25, 0.3) is 11.2 Å². The molecular formula is C26H29ClN6O2. The fraction of sp³-hybridized carbons (Fsp3) is 0.346. The zero-order valence-electron chi connectivity index (χ0n) is 20.0. The molecule has 1 aliphatic rings. The Bertz CT molecular complexity index is 1470. The van der Waals surface area contributed by atoms with Crippen LogP contribution in [0.1, 0.15) is 12.0 Å². The van der Waals surface area contributed by atoms with Crippen LogP contribution in [0.15, 0.2) is 64.2 Å². The number of fused-ring (bicyclic) bond motifs is 1. The number of rotatable bonds is 6. The highest BCUT2D eigenvalue weighted by Gasteiger charge is 2.25. The number of piperazine rings is 1. The van der Waals surface area contributed by atoms with Gasteiger partial charge in [0.15, 0.2) is 11.2 Å². The first-order valence-electron chi connectivity index (χ1n) is 11.9. The minimum atomic E-state index is -0.367. The number of aryl methyl sites for hydroxylation is 3. The van der Waals surface area contributed by atoms with Crippen LogP contribution in [0.5, 0.6) is 0 Å². The second kappa shape index (κ2) is 9.62. The number of hydrogen-bond acceptors (Lipinski definition) is 5. The maximum Gasteiger partial charge on any atom is 0.332 e. The average molecular weight is 493 g/mol. The molecule has 3 heterocycles. The van der Waals surface area contributed by atoms with Crippen molar-refractivity contribution in [3.63, 3.8) is 0 Å². The van der Waals surface area contributed by atoms with Crippen molar-refractivity contribution < 1.29 is 0 Å². The summed E-state index contributed by atoms with van der Waals surface area (Å²) in [6.45, 7) is 3.77. The van der Waals surface area contributed by atoms with Crippen LogP contribution in [-0.2, 0) is 27.1 Å². The molecule has 5 rings (SSSR count). The summed E-state index contributed by atoms with van der Waals surface area (Å²) in [5.74, 6) is 0.747. The Morgan fingerprint density at radius 1 is 0.886 bits per heavy atom. The van der Waals surface area contributed by atoms with Gasteiger partial charge in [-0.2, -0.15) is 4.98 Å². The Hall–Kier alpha value is -3.52. The molecular weight excluding hydrogens is 464 g/mol. The van der Waals surface area contributed by atoms with Gasteiger partial charge in [0, 0.05) is 57.5 Å². The summed E-state index contributed by atoms with van der Waals surface area (Å²) < 4.78 is 4.64. The van der Waals surface area contributed by atoms with Gasteiger partial charge in [-0.05, 0) is 36.6 Å². The molecule has 0 bridgehead atoms. The third-order valence-corrected chi connectivity index (χ3v) is 6.99. The summed E-state index contributed by atoms with van der Waals surface area (Å²) >= 11 is 6.19. The van der Waals surface area contributed by atoms with E-state index in [2.05, 4.69) is 28.0 Å². The van der Waals surface area contributed by atoms with Crippen LogP contribution in [-0.4, -0.2) is 44.9 Å². The standard InChI is InChI=1S/C26H29ClN6O2/c1-29-23-22(24(34)30(2)26(29)35)33(13-7-10-19-8-4-3-5-9-19)25(28-23)32-16-14-31(15-17-32)21-12-6-11-20(27)18-21/h3-6,8-9,11-12,18H,7,10,13-17H2,1-2H3. The second-order valence-corrected chi connectivity index (χ2v) is 9.42. The normalized spacial score (nSPS) is 14.1. The molecule has 2 aromatic heterocycles. The topological polar surface area (TPSA) is 68.3 Å². The van der Waals surface area contributed by atoms with Crippen molar-refractivity contribution in [1.82, 2.24) is 18.7 Å². The van der Waals surface area contributed by atoms with E-state index in [-0.39, 0.29) is 11.2 Å². The largest absolute Gasteiger partial charge is 0.368 e. The van der Waals surface area contributed by atoms with E-state index < -0.39 is 0 Å². The molecule has 0 spiro atoms. The summed E-state index contributed by atoms with van der Waals surface area (Å²) in [7, 11) is 3.20. The van der Waals surface area contributed by atoms with Gasteiger partial charge in [-0.15, -0.1) is 0 Å². The number of benzene rings is 2. The molecule has 1 aliphatic heterocycles. The van der Waals surface area contributed by atoms with Crippen molar-refractivity contribution in [3.05, 3.63) is 86.0 Å². The molecule has 35 heavy (non-hydrogen) atoms. The number of imidazole rings is 1. The van der Waals surface area contributed by atoms with Gasteiger partial charge in [-0.1, -0.05) is 48.0 Å². The fourth-order valence-corrected chi connectivity index (χ4v) is 5.00. The molecule has 0 saturated carbocycles. The van der Waals surface area contributed by atoms with Crippen LogP contribution in [0.2, 0.25) is 5.02 Å². The smallest absolute Gasteiger partial charge is 0.332 e. The number of aromatic nitrogens is 4. The van der Waals surface area contributed by atoms with E-state index in [1.54, 1.807) is 7.05 Å². The molecule has 1 fully saturated rings. The van der Waals surface area contributed by atoms with Gasteiger partial charge in [0.05, 0.1) is 0 Å². The highest BCUT2D eigenvalue weighted by atomic mass is 35.5. The fourth-order valence-electron chi connectivity index (χ4n) is 4.81. The molecule has 0 unspecified atom stereocenters. The summed E-state index contributed by atoms with van der Waals surface area (Å²) in [5, 5.41) is 0.724. The van der Waals surface area contributed by atoms with Gasteiger partial charge in [0.2, 0.25) is 5.95 Å². The predicted octanol–water partition coefficient (Wildman–Crippen LogP) is 3.05. The number of anilines is 2. The lowest BCUT2D eigenvalue weighted by atomic mass is 10.1. The molecule has 0 atom stereocenters. The van der Waals surface area contributed by atoms with Crippen LogP contribution in [0.4, 0.5) is 11.6 Å². The zero-order chi connectivity index (χ0) is 24.5. The van der Waals surface area contributed by atoms with Gasteiger partial charge in [-0.25, -0.2) is 4.79 Å². The van der Waals surface area contributed by atoms with Crippen molar-refractivity contribution >= 4 is 34.4 Å². The van der Waals surface area contributed by atoms with E-state index in [1.165, 1.54) is 21.7 Å². The predicted molar refractivity (Wildman–Crippen MR) is 141 cm³/mol. The third kappa shape index (κ3) is 4.46. The average Bonchev–Trinajstić information content (AvgIpc) is 3.26. The summed E-state index contributed by atoms with van der Waals surface area (Å²) in [4.78, 5) is 35.1. The van der Waals surface area contributed by atoms with Crippen molar-refractivity contribution in [2.75, 3.05) is 36.0 Å². The van der Waals surface area contributed by atoms with Crippen molar-refractivity contribution in [2.24, 2.45) is 14.1 Å². The van der Waals surface area contributed by atoms with Crippen LogP contribution in [0.3, 0.4) is 0 Å². The van der Waals surface area contributed by atoms with Crippen molar-refractivity contribution in [1.29, 1.82) is 0 Å². The molecule has 0 radical (unpaired) electrons. The first kappa shape index (κ1) is 23.2. The SMILES string of the molecule is Cn1c(=O)c2c(nc(N3CCN(c4cccc(Cl)c4)CC3)n2CCCc2ccccc2)n(C)c1=O. The molecule has 9 heteroatoms. The van der Waals surface area contributed by atoms with E-state index in [1.807, 2.05) is 41.0 Å². The number of nitrogens with zero attached hydrogens (tertiary/aromatic N) is 6. The monoisotopic (exact) mass is 492 g/mol. The third-order valence-electron chi connectivity index (χ3n) is 6.75. The van der Waals surface area contributed by atoms with Gasteiger partial charge in [-0.3, -0.25) is 13.9 Å². The Morgan fingerprint density at radius 3 is 2.31 bits per heavy atom. The molecule has 0 N–H and O–H groups in total. The Morgan fingerprint density at radius 2 is 1.60 bits per heavy atom. The minimum absolute atomic E-state index is 0.306. The summed E-state index contributed by atoms with van der Waals surface area (Å²) in [5.41, 5.74) is 2.60. The summed E-state index contributed by atoms with van der Waals surface area (Å²) in [6.07, 6.45) is 1.76. The van der Waals surface area contributed by atoms with E-state index >= 15 is 0 Å². The molecule has 0 amide bonds. The van der Waals surface area contributed by atoms with Crippen molar-refractivity contribution in [3.8, 4) is 0 Å². The van der Waals surface area contributed by atoms with Gasteiger partial charge in [0.25, 0.3) is 5.56 Å². The lowest BCUT2D eigenvalue weighted by Gasteiger charge is -2.36. The highest BCUT2D eigenvalue weighted by molar-refractivity contribution is 6.30. The Kier molecular flexibility index (Phi) is 6.38. The molecule has 0 aliphatic carbocycles. The quantitative estimate of drug-likeness (QED) is 0.414. The molecule has 4 aromatic rings. The van der Waals surface area contributed by atoms with E-state index in [9.17, 15) is 9.59 Å². The second-order valence-electron chi connectivity index (χ2n) is 8.98. The molecule has 2 aromatic carbocycles. The minimum Gasteiger partial charge on any atom is -0.368 e. The Balaban J connectivity index is 1.46. The first-order chi connectivity index (χ1) is 16.9. The highest BCUT2D eigenvalue weighted by Crippen LogP contribution is 2.25. The van der Waals surface area contributed by atoms with E-state index in [0.29, 0.717) is 17.7 Å². The lowest BCUT2D eigenvalue weighted by molar-refractivity contribution is 0.598. The van der Waals surface area contributed by atoms with E-state index in [4.69, 9.17) is 16.6 Å². The molecule has 8 nitrogen and oxygen atoms in total. The van der Waals surface area contributed by atoms with Gasteiger partial charge in [0.1, 0.15) is 0 Å². The molecule has 1 saturated heterocycles. The lowest BCUT2D eigenvalue weighted by Crippen LogP contribution is -2.47. The van der Waals surface area contributed by atoms with Crippen molar-refractivity contribution in [2.45, 2.75) is 19.4 Å². The first-order valence-corrected chi connectivity index (χ1v) is 12.3. The van der Waals surface area contributed by atoms with Gasteiger partial charge >= 0.3 is 5.69 Å². The number of hydrogen-bond donors (Lipinski definition) is 0. The maximum atomic E-state index is 13.2. The Labute approximate surface area is 208 Å². The van der Waals surface area contributed by atoms with Crippen LogP contribution in [0, 0.1) is 0 Å². The van der Waals surface area contributed by atoms with E-state index in [0.717, 1.165) is 55.7 Å². The van der Waals surface area contributed by atoms with Gasteiger partial charge < -0.3 is 14.4 Å². The van der Waals surface area contributed by atoms with Crippen LogP contribution >= 0.6 is 11.6 Å².